The van der Waals surface area contributed by atoms with Gasteiger partial charge in [-0.15, -0.1) is 0 Å². The summed E-state index contributed by atoms with van der Waals surface area (Å²) in [5, 5.41) is 13.8. The molecule has 144 valence electrons. The maximum absolute atomic E-state index is 12.5. The van der Waals surface area contributed by atoms with Crippen molar-refractivity contribution in [1.82, 2.24) is 14.9 Å². The number of carbonyl (C=O) groups is 1. The summed E-state index contributed by atoms with van der Waals surface area (Å²) in [5.74, 6) is -0.332. The Kier molecular flexibility index (Phi) is 5.35. The molecule has 1 N–H and O–H groups in total. The van der Waals surface area contributed by atoms with Crippen LogP contribution >= 0.6 is 0 Å². The highest BCUT2D eigenvalue weighted by atomic mass is 16.6. The van der Waals surface area contributed by atoms with E-state index in [1.807, 2.05) is 43.3 Å². The number of anilines is 1. The van der Waals surface area contributed by atoms with Crippen molar-refractivity contribution in [3.05, 3.63) is 74.8 Å². The van der Waals surface area contributed by atoms with E-state index in [2.05, 4.69) is 10.3 Å². The number of fused-ring (bicyclic) bond motifs is 1. The van der Waals surface area contributed by atoms with Gasteiger partial charge < -0.3 is 10.2 Å². The first-order valence-electron chi connectivity index (χ1n) is 8.51. The third kappa shape index (κ3) is 4.14. The Morgan fingerprint density at radius 3 is 2.57 bits per heavy atom. The first-order chi connectivity index (χ1) is 13.3. The fourth-order valence-electron chi connectivity index (χ4n) is 2.70. The van der Waals surface area contributed by atoms with E-state index in [0.717, 1.165) is 11.3 Å². The zero-order valence-electron chi connectivity index (χ0n) is 15.5. The summed E-state index contributed by atoms with van der Waals surface area (Å²) < 4.78 is 1.18. The highest BCUT2D eigenvalue weighted by Gasteiger charge is 2.12. The van der Waals surface area contributed by atoms with Gasteiger partial charge in [-0.2, -0.15) is 0 Å². The Morgan fingerprint density at radius 2 is 1.93 bits per heavy atom. The van der Waals surface area contributed by atoms with Crippen LogP contribution in [0, 0.1) is 10.1 Å². The number of amides is 1. The standard InChI is InChI=1S/C19H19N5O4/c1-22(2)14-5-3-13(4-6-14)10-20-18(25)11-23-12-21-17-9-15(24(27)28)7-8-16(17)19(23)26/h3-9,12H,10-11H2,1-2H3,(H,20,25). The van der Waals surface area contributed by atoms with Crippen LogP contribution in [0.25, 0.3) is 10.9 Å². The molecular formula is C19H19N5O4. The fraction of sp³-hybridized carbons (Fsp3) is 0.211. The maximum atomic E-state index is 12.5. The van der Waals surface area contributed by atoms with Gasteiger partial charge in [0.05, 0.1) is 22.2 Å². The van der Waals surface area contributed by atoms with Crippen molar-refractivity contribution in [2.24, 2.45) is 0 Å². The molecule has 3 rings (SSSR count). The monoisotopic (exact) mass is 381 g/mol. The van der Waals surface area contributed by atoms with Gasteiger partial charge in [0.2, 0.25) is 5.91 Å². The average molecular weight is 381 g/mol. The number of carbonyl (C=O) groups excluding carboxylic acids is 1. The minimum absolute atomic E-state index is 0.143. The van der Waals surface area contributed by atoms with Gasteiger partial charge in [0.15, 0.2) is 0 Å². The van der Waals surface area contributed by atoms with Gasteiger partial charge in [-0.1, -0.05) is 12.1 Å². The quantitative estimate of drug-likeness (QED) is 0.514. The lowest BCUT2D eigenvalue weighted by Gasteiger charge is -2.13. The van der Waals surface area contributed by atoms with Gasteiger partial charge in [0.25, 0.3) is 11.2 Å². The molecule has 9 heteroatoms. The average Bonchev–Trinajstić information content (AvgIpc) is 2.68. The van der Waals surface area contributed by atoms with Crippen LogP contribution in [0.4, 0.5) is 11.4 Å². The molecule has 0 saturated carbocycles. The minimum Gasteiger partial charge on any atom is -0.378 e. The Bertz CT molecular complexity index is 1090. The molecule has 0 bridgehead atoms. The van der Waals surface area contributed by atoms with E-state index in [1.165, 1.54) is 29.1 Å². The van der Waals surface area contributed by atoms with Crippen LogP contribution in [0.5, 0.6) is 0 Å². The molecule has 1 heterocycles. The smallest absolute Gasteiger partial charge is 0.271 e. The normalized spacial score (nSPS) is 10.6. The molecule has 2 aromatic carbocycles. The number of rotatable bonds is 6. The predicted molar refractivity (Wildman–Crippen MR) is 105 cm³/mol. The van der Waals surface area contributed by atoms with E-state index in [1.54, 1.807) is 0 Å². The molecule has 0 aliphatic carbocycles. The summed E-state index contributed by atoms with van der Waals surface area (Å²) in [6, 6.07) is 11.6. The first-order valence-corrected chi connectivity index (χ1v) is 8.51. The topological polar surface area (TPSA) is 110 Å². The number of hydrogen-bond acceptors (Lipinski definition) is 6. The van der Waals surface area contributed by atoms with Crippen molar-refractivity contribution in [3.63, 3.8) is 0 Å². The lowest BCUT2D eigenvalue weighted by atomic mass is 10.2. The van der Waals surface area contributed by atoms with Gasteiger partial charge in [0.1, 0.15) is 6.54 Å². The Morgan fingerprint density at radius 1 is 1.21 bits per heavy atom. The van der Waals surface area contributed by atoms with Crippen LogP contribution in [0.15, 0.2) is 53.6 Å². The van der Waals surface area contributed by atoms with Crippen LogP contribution in [-0.2, 0) is 17.9 Å². The van der Waals surface area contributed by atoms with E-state index in [-0.39, 0.29) is 29.0 Å². The van der Waals surface area contributed by atoms with Gasteiger partial charge in [-0.05, 0) is 23.8 Å². The van der Waals surface area contributed by atoms with E-state index < -0.39 is 10.5 Å². The molecule has 0 spiro atoms. The van der Waals surface area contributed by atoms with Crippen LogP contribution in [0.1, 0.15) is 5.56 Å². The summed E-state index contributed by atoms with van der Waals surface area (Å²) >= 11 is 0. The summed E-state index contributed by atoms with van der Waals surface area (Å²) in [6.45, 7) is 0.156. The second-order valence-corrected chi connectivity index (χ2v) is 6.47. The van der Waals surface area contributed by atoms with E-state index in [9.17, 15) is 19.7 Å². The SMILES string of the molecule is CN(C)c1ccc(CNC(=O)Cn2cnc3cc([N+](=O)[O-])ccc3c2=O)cc1. The Labute approximate surface area is 160 Å². The van der Waals surface area contributed by atoms with E-state index in [0.29, 0.717) is 6.54 Å². The lowest BCUT2D eigenvalue weighted by molar-refractivity contribution is -0.384. The van der Waals surface area contributed by atoms with Crippen molar-refractivity contribution in [2.45, 2.75) is 13.1 Å². The molecule has 3 aromatic rings. The number of non-ortho nitro benzene ring substituents is 1. The van der Waals surface area contributed by atoms with Crippen LogP contribution in [0.2, 0.25) is 0 Å². The summed E-state index contributed by atoms with van der Waals surface area (Å²) in [4.78, 5) is 41.0. The number of benzene rings is 2. The lowest BCUT2D eigenvalue weighted by Crippen LogP contribution is -2.32. The highest BCUT2D eigenvalue weighted by molar-refractivity contribution is 5.80. The molecule has 28 heavy (non-hydrogen) atoms. The van der Waals surface area contributed by atoms with Crippen molar-refractivity contribution in [2.75, 3.05) is 19.0 Å². The molecule has 0 aliphatic heterocycles. The van der Waals surface area contributed by atoms with Gasteiger partial charge in [-0.3, -0.25) is 24.3 Å². The fourth-order valence-corrected chi connectivity index (χ4v) is 2.70. The molecule has 0 radical (unpaired) electrons. The van der Waals surface area contributed by atoms with Gasteiger partial charge >= 0.3 is 0 Å². The zero-order chi connectivity index (χ0) is 20.3. The van der Waals surface area contributed by atoms with Gasteiger partial charge in [-0.25, -0.2) is 4.98 Å². The van der Waals surface area contributed by atoms with Crippen molar-refractivity contribution in [1.29, 1.82) is 0 Å². The number of nitro benzene ring substituents is 1. The number of nitrogens with zero attached hydrogens (tertiary/aromatic N) is 4. The third-order valence-corrected chi connectivity index (χ3v) is 4.28. The molecular weight excluding hydrogens is 362 g/mol. The second kappa shape index (κ2) is 7.87. The third-order valence-electron chi connectivity index (χ3n) is 4.28. The number of aromatic nitrogens is 2. The van der Waals surface area contributed by atoms with E-state index in [4.69, 9.17) is 0 Å². The highest BCUT2D eigenvalue weighted by Crippen LogP contribution is 2.16. The Hall–Kier alpha value is -3.75. The molecule has 1 aromatic heterocycles. The van der Waals surface area contributed by atoms with Crippen molar-refractivity contribution < 1.29 is 9.72 Å². The molecule has 0 aliphatic rings. The van der Waals surface area contributed by atoms with Crippen molar-refractivity contribution in [3.8, 4) is 0 Å². The predicted octanol–water partition coefficient (Wildman–Crippen LogP) is 1.69. The molecule has 0 unspecified atom stereocenters. The van der Waals surface area contributed by atoms with Crippen LogP contribution in [-0.4, -0.2) is 34.5 Å². The number of nitro groups is 1. The minimum atomic E-state index is -0.550. The summed E-state index contributed by atoms with van der Waals surface area (Å²) in [5.41, 5.74) is 1.65. The second-order valence-electron chi connectivity index (χ2n) is 6.47. The maximum Gasteiger partial charge on any atom is 0.271 e. The number of nitrogens with one attached hydrogen (secondary N) is 1. The zero-order valence-corrected chi connectivity index (χ0v) is 15.5. The Balaban J connectivity index is 1.69. The summed E-state index contributed by atoms with van der Waals surface area (Å²) in [6.07, 6.45) is 1.22. The van der Waals surface area contributed by atoms with Crippen molar-refractivity contribution >= 4 is 28.2 Å². The molecule has 9 nitrogen and oxygen atoms in total. The largest absolute Gasteiger partial charge is 0.378 e. The summed E-state index contributed by atoms with van der Waals surface area (Å²) in [7, 11) is 3.90. The first kappa shape index (κ1) is 19.0. The number of hydrogen-bond donors (Lipinski definition) is 1. The molecule has 1 amide bonds. The molecule has 0 fully saturated rings. The van der Waals surface area contributed by atoms with Crippen LogP contribution in [0.3, 0.4) is 0 Å². The molecule has 0 saturated heterocycles. The van der Waals surface area contributed by atoms with Crippen LogP contribution < -0.4 is 15.8 Å². The van der Waals surface area contributed by atoms with E-state index >= 15 is 0 Å². The van der Waals surface area contributed by atoms with Gasteiger partial charge in [0, 0.05) is 38.5 Å². The molecule has 0 atom stereocenters.